The summed E-state index contributed by atoms with van der Waals surface area (Å²) in [4.78, 5) is 17.7. The van der Waals surface area contributed by atoms with Crippen molar-refractivity contribution in [2.75, 3.05) is 26.7 Å². The van der Waals surface area contributed by atoms with E-state index in [1.807, 2.05) is 53.4 Å². The van der Waals surface area contributed by atoms with Crippen LogP contribution in [0.25, 0.3) is 11.1 Å². The normalized spacial score (nSPS) is 20.8. The van der Waals surface area contributed by atoms with Gasteiger partial charge in [0.25, 0.3) is 5.91 Å². The zero-order valence-corrected chi connectivity index (χ0v) is 15.5. The molecule has 1 aliphatic heterocycles. The van der Waals surface area contributed by atoms with E-state index in [1.165, 1.54) is 12.8 Å². The molecule has 2 fully saturated rings. The van der Waals surface area contributed by atoms with Gasteiger partial charge in [0.05, 0.1) is 7.11 Å². The number of hydrogen-bond acceptors (Lipinski definition) is 3. The van der Waals surface area contributed by atoms with Crippen LogP contribution in [-0.2, 0) is 0 Å². The Morgan fingerprint density at radius 2 is 1.77 bits per heavy atom. The molecule has 1 atom stereocenters. The fraction of sp³-hybridized carbons (Fsp3) is 0.409. The molecule has 2 aromatic rings. The first kappa shape index (κ1) is 17.1. The highest BCUT2D eigenvalue weighted by Crippen LogP contribution is 2.30. The highest BCUT2D eigenvalue weighted by atomic mass is 16.5. The van der Waals surface area contributed by atoms with E-state index >= 15 is 0 Å². The van der Waals surface area contributed by atoms with Crippen molar-refractivity contribution in [3.63, 3.8) is 0 Å². The number of amides is 1. The van der Waals surface area contributed by atoms with Crippen molar-refractivity contribution in [2.45, 2.75) is 31.8 Å². The average molecular weight is 350 g/mol. The van der Waals surface area contributed by atoms with Gasteiger partial charge in [0.1, 0.15) is 5.75 Å². The molecule has 0 bridgehead atoms. The van der Waals surface area contributed by atoms with E-state index in [2.05, 4.69) is 11.8 Å². The van der Waals surface area contributed by atoms with Gasteiger partial charge in [-0.15, -0.1) is 0 Å². The first-order chi connectivity index (χ1) is 12.7. The molecule has 4 rings (SSSR count). The molecule has 0 N–H and O–H groups in total. The fourth-order valence-electron chi connectivity index (χ4n) is 3.86. The number of methoxy groups -OCH3 is 1. The minimum atomic E-state index is 0.137. The third-order valence-corrected chi connectivity index (χ3v) is 5.50. The Labute approximate surface area is 155 Å². The average Bonchev–Trinajstić information content (AvgIpc) is 3.53. The Bertz CT molecular complexity index is 800. The van der Waals surface area contributed by atoms with E-state index in [0.717, 1.165) is 48.1 Å². The second-order valence-electron chi connectivity index (χ2n) is 7.39. The molecule has 26 heavy (non-hydrogen) atoms. The molecular formula is C22H26N2O2. The minimum absolute atomic E-state index is 0.137. The van der Waals surface area contributed by atoms with Crippen LogP contribution in [0.4, 0.5) is 0 Å². The maximum atomic E-state index is 13.1. The van der Waals surface area contributed by atoms with Gasteiger partial charge in [0, 0.05) is 37.3 Å². The van der Waals surface area contributed by atoms with E-state index < -0.39 is 0 Å². The lowest BCUT2D eigenvalue weighted by Gasteiger charge is -2.40. The summed E-state index contributed by atoms with van der Waals surface area (Å²) in [6.07, 6.45) is 2.65. The van der Waals surface area contributed by atoms with Gasteiger partial charge in [-0.05, 0) is 55.2 Å². The molecule has 4 heteroatoms. The Morgan fingerprint density at radius 3 is 2.46 bits per heavy atom. The molecule has 1 amide bonds. The van der Waals surface area contributed by atoms with Crippen molar-refractivity contribution >= 4 is 5.91 Å². The zero-order chi connectivity index (χ0) is 18.1. The number of ether oxygens (including phenoxy) is 1. The predicted molar refractivity (Wildman–Crippen MR) is 104 cm³/mol. The highest BCUT2D eigenvalue weighted by molar-refractivity contribution is 5.95. The Kier molecular flexibility index (Phi) is 4.68. The number of hydrogen-bond donors (Lipinski definition) is 0. The summed E-state index contributed by atoms with van der Waals surface area (Å²) in [5.74, 6) is 0.960. The van der Waals surface area contributed by atoms with Gasteiger partial charge in [-0.25, -0.2) is 0 Å². The molecule has 1 saturated carbocycles. The number of nitrogens with zero attached hydrogens (tertiary/aromatic N) is 2. The van der Waals surface area contributed by atoms with E-state index in [4.69, 9.17) is 4.74 Å². The molecule has 2 aliphatic rings. The van der Waals surface area contributed by atoms with Gasteiger partial charge in [-0.1, -0.05) is 24.3 Å². The summed E-state index contributed by atoms with van der Waals surface area (Å²) in [6, 6.07) is 16.9. The Morgan fingerprint density at radius 1 is 1.04 bits per heavy atom. The summed E-state index contributed by atoms with van der Waals surface area (Å²) < 4.78 is 5.32. The third-order valence-electron chi connectivity index (χ3n) is 5.50. The summed E-state index contributed by atoms with van der Waals surface area (Å²) in [7, 11) is 1.67. The van der Waals surface area contributed by atoms with E-state index in [0.29, 0.717) is 0 Å². The molecule has 0 spiro atoms. The van der Waals surface area contributed by atoms with Crippen LogP contribution in [-0.4, -0.2) is 54.5 Å². The van der Waals surface area contributed by atoms with Crippen LogP contribution in [0.15, 0.2) is 48.5 Å². The van der Waals surface area contributed by atoms with Crippen LogP contribution >= 0.6 is 0 Å². The van der Waals surface area contributed by atoms with Crippen LogP contribution in [0.3, 0.4) is 0 Å². The molecule has 136 valence electrons. The van der Waals surface area contributed by atoms with Crippen LogP contribution in [0.1, 0.15) is 30.1 Å². The summed E-state index contributed by atoms with van der Waals surface area (Å²) in [6.45, 7) is 4.97. The lowest BCUT2D eigenvalue weighted by molar-refractivity contribution is 0.0474. The molecule has 2 aromatic carbocycles. The maximum absolute atomic E-state index is 13.1. The second-order valence-corrected chi connectivity index (χ2v) is 7.39. The molecule has 1 aliphatic carbocycles. The summed E-state index contributed by atoms with van der Waals surface area (Å²) >= 11 is 0. The number of benzene rings is 2. The maximum Gasteiger partial charge on any atom is 0.254 e. The fourth-order valence-corrected chi connectivity index (χ4v) is 3.86. The Balaban J connectivity index is 1.53. The van der Waals surface area contributed by atoms with E-state index in [-0.39, 0.29) is 11.9 Å². The molecule has 1 unspecified atom stereocenters. The van der Waals surface area contributed by atoms with Gasteiger partial charge < -0.3 is 9.64 Å². The quantitative estimate of drug-likeness (QED) is 0.843. The first-order valence-corrected chi connectivity index (χ1v) is 9.45. The predicted octanol–water partition coefficient (Wildman–Crippen LogP) is 3.67. The van der Waals surface area contributed by atoms with Gasteiger partial charge in [-0.2, -0.15) is 0 Å². The van der Waals surface area contributed by atoms with Crippen LogP contribution in [0, 0.1) is 0 Å². The second kappa shape index (κ2) is 7.12. The number of rotatable bonds is 4. The lowest BCUT2D eigenvalue weighted by atomic mass is 10.0. The topological polar surface area (TPSA) is 32.8 Å². The molecular weight excluding hydrogens is 324 g/mol. The summed E-state index contributed by atoms with van der Waals surface area (Å²) in [5, 5.41) is 0. The monoisotopic (exact) mass is 350 g/mol. The van der Waals surface area contributed by atoms with Gasteiger partial charge >= 0.3 is 0 Å². The smallest absolute Gasteiger partial charge is 0.254 e. The van der Waals surface area contributed by atoms with Crippen LogP contribution in [0.5, 0.6) is 5.75 Å². The molecule has 0 aromatic heterocycles. The standard InChI is InChI=1S/C22H26N2O2/c1-16-15-23(20-9-10-20)11-12-24(16)22(25)19-7-3-5-17(13-19)18-6-4-8-21(14-18)26-2/h3-8,13-14,16,20H,9-12,15H2,1-2H3. The first-order valence-electron chi connectivity index (χ1n) is 9.45. The van der Waals surface area contributed by atoms with E-state index in [9.17, 15) is 4.79 Å². The number of piperazine rings is 1. The lowest BCUT2D eigenvalue weighted by Crippen LogP contribution is -2.54. The summed E-state index contributed by atoms with van der Waals surface area (Å²) in [5.41, 5.74) is 2.86. The van der Waals surface area contributed by atoms with Crippen molar-refractivity contribution < 1.29 is 9.53 Å². The number of carbonyl (C=O) groups excluding carboxylic acids is 1. The minimum Gasteiger partial charge on any atom is -0.497 e. The van der Waals surface area contributed by atoms with Crippen molar-refractivity contribution in [2.24, 2.45) is 0 Å². The van der Waals surface area contributed by atoms with Crippen LogP contribution < -0.4 is 4.74 Å². The van der Waals surface area contributed by atoms with Crippen molar-refractivity contribution in [3.05, 3.63) is 54.1 Å². The number of carbonyl (C=O) groups is 1. The molecule has 1 heterocycles. The molecule has 4 nitrogen and oxygen atoms in total. The van der Waals surface area contributed by atoms with Crippen molar-refractivity contribution in [1.82, 2.24) is 9.80 Å². The van der Waals surface area contributed by atoms with Crippen molar-refractivity contribution in [3.8, 4) is 16.9 Å². The van der Waals surface area contributed by atoms with Crippen LogP contribution in [0.2, 0.25) is 0 Å². The molecule has 1 saturated heterocycles. The van der Waals surface area contributed by atoms with Crippen molar-refractivity contribution in [1.29, 1.82) is 0 Å². The highest BCUT2D eigenvalue weighted by Gasteiger charge is 2.35. The van der Waals surface area contributed by atoms with Gasteiger partial charge in [0.15, 0.2) is 0 Å². The SMILES string of the molecule is COc1cccc(-c2cccc(C(=O)N3CCN(C4CC4)CC3C)c2)c1. The van der Waals surface area contributed by atoms with E-state index in [1.54, 1.807) is 7.11 Å². The van der Waals surface area contributed by atoms with Gasteiger partial charge in [0.2, 0.25) is 0 Å². The van der Waals surface area contributed by atoms with Gasteiger partial charge in [-0.3, -0.25) is 9.69 Å². The zero-order valence-electron chi connectivity index (χ0n) is 15.5. The third kappa shape index (κ3) is 3.47. The Hall–Kier alpha value is -2.33. The molecule has 0 radical (unpaired) electrons. The largest absolute Gasteiger partial charge is 0.497 e.